The molecule has 2 heterocycles. The third-order valence-corrected chi connectivity index (χ3v) is 7.54. The van der Waals surface area contributed by atoms with E-state index >= 15 is 4.39 Å². The van der Waals surface area contributed by atoms with Gasteiger partial charge in [0, 0.05) is 56.2 Å². The maximum atomic E-state index is 15.6. The molecule has 0 spiro atoms. The maximum absolute atomic E-state index is 15.6. The first kappa shape index (κ1) is 30.0. The number of sulfone groups is 1. The van der Waals surface area contributed by atoms with Crippen molar-refractivity contribution in [3.63, 3.8) is 0 Å². The van der Waals surface area contributed by atoms with E-state index in [0.717, 1.165) is 16.6 Å². The molecule has 1 N–H and O–H groups in total. The first-order valence-corrected chi connectivity index (χ1v) is 14.2. The zero-order valence-corrected chi connectivity index (χ0v) is 22.0. The first-order chi connectivity index (χ1) is 17.6. The summed E-state index contributed by atoms with van der Waals surface area (Å²) >= 11 is 0. The predicted octanol–water partition coefficient (Wildman–Crippen LogP) is 3.19. The number of likely N-dealkylation sites (tertiary alicyclic amines) is 2. The minimum Gasteiger partial charge on any atom is -0.347 e. The molecule has 0 bridgehead atoms. The molecular formula is C25H32F5N3O4S. The Kier molecular flexibility index (Phi) is 9.23. The lowest BCUT2D eigenvalue weighted by molar-refractivity contribution is -0.146. The lowest BCUT2D eigenvalue weighted by Gasteiger charge is -2.28. The van der Waals surface area contributed by atoms with E-state index in [2.05, 4.69) is 5.32 Å². The molecule has 1 aromatic carbocycles. The van der Waals surface area contributed by atoms with Crippen LogP contribution in [0.5, 0.6) is 0 Å². The fourth-order valence-corrected chi connectivity index (χ4v) is 5.56. The van der Waals surface area contributed by atoms with Gasteiger partial charge < -0.3 is 10.2 Å². The summed E-state index contributed by atoms with van der Waals surface area (Å²) in [6.45, 7) is -0.165. The average Bonchev–Trinajstić information content (AvgIpc) is 3.09. The Morgan fingerprint density at radius 3 is 2.50 bits per heavy atom. The number of nitrogens with one attached hydrogen (secondary N) is 1. The number of benzene rings is 1. The Labute approximate surface area is 219 Å². The van der Waals surface area contributed by atoms with Crippen molar-refractivity contribution in [3.05, 3.63) is 47.1 Å². The zero-order valence-electron chi connectivity index (χ0n) is 21.2. The number of alkyl halides is 4. The molecular weight excluding hydrogens is 533 g/mol. The first-order valence-electron chi connectivity index (χ1n) is 12.3. The van der Waals surface area contributed by atoms with E-state index in [1.165, 1.54) is 36.1 Å². The third-order valence-electron chi connectivity index (χ3n) is 6.89. The predicted molar refractivity (Wildman–Crippen MR) is 131 cm³/mol. The van der Waals surface area contributed by atoms with Gasteiger partial charge in [0.2, 0.25) is 5.91 Å². The lowest BCUT2D eigenvalue weighted by Crippen LogP contribution is -2.47. The van der Waals surface area contributed by atoms with Gasteiger partial charge in [0.15, 0.2) is 15.5 Å². The highest BCUT2D eigenvalue weighted by atomic mass is 32.2. The molecule has 2 saturated heterocycles. The number of carbonyl (C=O) groups is 2. The topological polar surface area (TPSA) is 86.8 Å². The highest BCUT2D eigenvalue weighted by molar-refractivity contribution is 7.93. The fourth-order valence-electron chi connectivity index (χ4n) is 5.03. The monoisotopic (exact) mass is 565 g/mol. The number of carbonyl (C=O) groups excluding carboxylic acids is 2. The van der Waals surface area contributed by atoms with Crippen molar-refractivity contribution in [2.45, 2.75) is 50.0 Å². The largest absolute Gasteiger partial charge is 0.401 e. The van der Waals surface area contributed by atoms with E-state index in [9.17, 15) is 35.6 Å². The Hall–Kier alpha value is -2.54. The van der Waals surface area contributed by atoms with Crippen LogP contribution in [0.25, 0.3) is 0 Å². The molecule has 0 unspecified atom stereocenters. The third kappa shape index (κ3) is 7.98. The highest BCUT2D eigenvalue weighted by Crippen LogP contribution is 2.37. The molecule has 3 rings (SSSR count). The number of nitrogens with zero attached hydrogens (tertiary/aromatic N) is 2. The Morgan fingerprint density at radius 2 is 1.87 bits per heavy atom. The van der Waals surface area contributed by atoms with Gasteiger partial charge in [0.05, 0.1) is 12.5 Å². The van der Waals surface area contributed by atoms with Crippen molar-refractivity contribution in [2.75, 3.05) is 39.0 Å². The van der Waals surface area contributed by atoms with Crippen LogP contribution in [-0.4, -0.2) is 86.9 Å². The van der Waals surface area contributed by atoms with Crippen LogP contribution < -0.4 is 5.32 Å². The molecule has 7 nitrogen and oxygen atoms in total. The molecule has 2 fully saturated rings. The summed E-state index contributed by atoms with van der Waals surface area (Å²) in [5, 5.41) is 3.34. The molecule has 0 radical (unpaired) electrons. The van der Waals surface area contributed by atoms with Gasteiger partial charge in [-0.1, -0.05) is 24.3 Å². The summed E-state index contributed by atoms with van der Waals surface area (Å²) in [5.41, 5.74) is -2.16. The molecule has 2 amide bonds. The standard InChI is InChI=1S/C25H32F5N3O4S/c1-17(8-13-38(2,36)37)31-23(35)24(27)9-5-11-33(12-10-24)22(34)20-15-32(16-25(28,29)30)14-19(20)18-6-3-4-7-21(18)26/h3-4,6-8,13,17,19-20H,5,9-12,14-16H2,1-2H3,(H,31,35)/b13-8-/t17-,19+,20+,24-/m1/s1. The van der Waals surface area contributed by atoms with E-state index in [0.29, 0.717) is 0 Å². The fraction of sp³-hybridized carbons (Fsp3) is 0.600. The molecule has 0 aromatic heterocycles. The summed E-state index contributed by atoms with van der Waals surface area (Å²) in [6.07, 6.45) is -2.68. The molecule has 4 atom stereocenters. The second kappa shape index (κ2) is 11.7. The molecule has 0 aliphatic carbocycles. The second-order valence-corrected chi connectivity index (χ2v) is 12.0. The van der Waals surface area contributed by atoms with Gasteiger partial charge in [-0.05, 0) is 31.4 Å². The quantitative estimate of drug-likeness (QED) is 0.514. The van der Waals surface area contributed by atoms with Gasteiger partial charge in [-0.3, -0.25) is 14.5 Å². The normalized spacial score (nSPS) is 26.3. The molecule has 13 heteroatoms. The summed E-state index contributed by atoms with van der Waals surface area (Å²) in [4.78, 5) is 28.6. The second-order valence-electron chi connectivity index (χ2n) is 10.1. The van der Waals surface area contributed by atoms with Crippen LogP contribution in [0.2, 0.25) is 0 Å². The molecule has 2 aliphatic rings. The minimum atomic E-state index is -4.49. The SMILES string of the molecule is C[C@H](/C=C\S(C)(=O)=O)NC(=O)[C@@]1(F)CCCN(C(=O)[C@H]2CN(CC(F)(F)F)C[C@H]2c2ccccc2F)CC1. The summed E-state index contributed by atoms with van der Waals surface area (Å²) < 4.78 is 92.0. The number of hydrogen-bond donors (Lipinski definition) is 1. The van der Waals surface area contributed by atoms with Crippen LogP contribution in [0.3, 0.4) is 0 Å². The van der Waals surface area contributed by atoms with Crippen LogP contribution >= 0.6 is 0 Å². The molecule has 0 saturated carbocycles. The Morgan fingerprint density at radius 1 is 1.18 bits per heavy atom. The molecule has 1 aromatic rings. The number of amides is 2. The molecule has 2 aliphatic heterocycles. The van der Waals surface area contributed by atoms with Crippen molar-refractivity contribution in [1.29, 1.82) is 0 Å². The van der Waals surface area contributed by atoms with Gasteiger partial charge in [-0.25, -0.2) is 17.2 Å². The van der Waals surface area contributed by atoms with E-state index in [1.54, 1.807) is 6.07 Å². The Bertz CT molecular complexity index is 1160. The van der Waals surface area contributed by atoms with Gasteiger partial charge in [-0.15, -0.1) is 0 Å². The van der Waals surface area contributed by atoms with Crippen molar-refractivity contribution in [1.82, 2.24) is 15.1 Å². The van der Waals surface area contributed by atoms with Gasteiger partial charge >= 0.3 is 6.18 Å². The van der Waals surface area contributed by atoms with Crippen LogP contribution in [0, 0.1) is 11.7 Å². The van der Waals surface area contributed by atoms with Crippen molar-refractivity contribution in [2.24, 2.45) is 5.92 Å². The van der Waals surface area contributed by atoms with Crippen molar-refractivity contribution < 1.29 is 40.0 Å². The van der Waals surface area contributed by atoms with E-state index < -0.39 is 63.7 Å². The number of halogens is 5. The average molecular weight is 566 g/mol. The maximum Gasteiger partial charge on any atom is 0.401 e. The van der Waals surface area contributed by atoms with Crippen LogP contribution in [0.15, 0.2) is 35.7 Å². The summed E-state index contributed by atoms with van der Waals surface area (Å²) in [6, 6.07) is 4.90. The zero-order chi connectivity index (χ0) is 28.3. The van der Waals surface area contributed by atoms with E-state index in [1.807, 2.05) is 0 Å². The lowest BCUT2D eigenvalue weighted by atomic mass is 9.87. The number of rotatable bonds is 7. The van der Waals surface area contributed by atoms with Crippen molar-refractivity contribution >= 4 is 21.7 Å². The smallest absolute Gasteiger partial charge is 0.347 e. The highest BCUT2D eigenvalue weighted by Gasteiger charge is 2.46. The van der Waals surface area contributed by atoms with Gasteiger partial charge in [0.1, 0.15) is 5.82 Å². The summed E-state index contributed by atoms with van der Waals surface area (Å²) in [5.74, 6) is -3.82. The van der Waals surface area contributed by atoms with E-state index in [-0.39, 0.29) is 51.0 Å². The van der Waals surface area contributed by atoms with Crippen LogP contribution in [-0.2, 0) is 19.4 Å². The van der Waals surface area contributed by atoms with Gasteiger partial charge in [-0.2, -0.15) is 13.2 Å². The van der Waals surface area contributed by atoms with E-state index in [4.69, 9.17) is 0 Å². The minimum absolute atomic E-state index is 0.0983. The molecule has 38 heavy (non-hydrogen) atoms. The van der Waals surface area contributed by atoms with Gasteiger partial charge in [0.25, 0.3) is 5.91 Å². The van der Waals surface area contributed by atoms with Crippen molar-refractivity contribution in [3.8, 4) is 0 Å². The number of hydrogen-bond acceptors (Lipinski definition) is 5. The summed E-state index contributed by atoms with van der Waals surface area (Å²) in [7, 11) is -3.43. The molecule has 212 valence electrons. The van der Waals surface area contributed by atoms with Crippen LogP contribution in [0.1, 0.15) is 37.7 Å². The Balaban J connectivity index is 1.72. The van der Waals surface area contributed by atoms with Crippen LogP contribution in [0.4, 0.5) is 22.0 Å².